The number of esters is 2. The molecule has 0 amide bonds. The van der Waals surface area contributed by atoms with E-state index in [9.17, 15) is 14.2 Å². The van der Waals surface area contributed by atoms with Gasteiger partial charge in [0.2, 0.25) is 0 Å². The highest BCUT2D eigenvalue weighted by Gasteiger charge is 2.49. The smallest absolute Gasteiger partial charge is 0.468 e. The predicted octanol–water partition coefficient (Wildman–Crippen LogP) is 2.99. The molecule has 0 fully saturated rings. The summed E-state index contributed by atoms with van der Waals surface area (Å²) in [4.78, 5) is 24.6. The van der Waals surface area contributed by atoms with Crippen molar-refractivity contribution in [3.05, 3.63) is 12.2 Å². The molecule has 0 spiro atoms. The van der Waals surface area contributed by atoms with Crippen molar-refractivity contribution in [2.24, 2.45) is 11.8 Å². The Morgan fingerprint density at radius 1 is 0.885 bits per heavy atom. The van der Waals surface area contributed by atoms with Gasteiger partial charge in [0.25, 0.3) is 0 Å². The molecule has 148 valence electrons. The summed E-state index contributed by atoms with van der Waals surface area (Å²) in [5.41, 5.74) is 0. The van der Waals surface area contributed by atoms with Crippen LogP contribution in [-0.2, 0) is 23.6 Å². The summed E-state index contributed by atoms with van der Waals surface area (Å²) in [6.45, 7) is 8.76. The molecular weight excluding hydrogens is 355 g/mol. The van der Waals surface area contributed by atoms with Gasteiger partial charge in [-0.3, -0.25) is 9.59 Å². The lowest BCUT2D eigenvalue weighted by molar-refractivity contribution is -0.145. The van der Waals surface area contributed by atoms with Gasteiger partial charge in [0.05, 0.1) is 27.3 Å². The van der Waals surface area contributed by atoms with E-state index in [0.717, 1.165) is 0 Å². The molecule has 0 saturated carbocycles. The Morgan fingerprint density at radius 3 is 1.50 bits per heavy atom. The second-order valence-electron chi connectivity index (χ2n) is 7.31. The molecule has 2 unspecified atom stereocenters. The number of methoxy groups -OCH3 is 2. The van der Waals surface area contributed by atoms with Crippen molar-refractivity contribution in [1.29, 1.82) is 0 Å². The molecule has 1 aliphatic heterocycles. The zero-order valence-electron chi connectivity index (χ0n) is 16.7. The van der Waals surface area contributed by atoms with E-state index in [1.807, 2.05) is 39.8 Å². The first-order valence-corrected chi connectivity index (χ1v) is 10.2. The summed E-state index contributed by atoms with van der Waals surface area (Å²) in [7, 11) is 0.566. The first-order valence-electron chi connectivity index (χ1n) is 9.03. The molecule has 1 heterocycles. The minimum absolute atomic E-state index is 0.232. The summed E-state index contributed by atoms with van der Waals surface area (Å²) in [5, 5.41) is 0. The van der Waals surface area contributed by atoms with Crippen LogP contribution >= 0.6 is 8.10 Å². The minimum atomic E-state index is -2.11. The lowest BCUT2D eigenvalue weighted by Gasteiger charge is -2.25. The lowest BCUT2D eigenvalue weighted by Crippen LogP contribution is -2.44. The SMILES string of the molecule is COC(=O)C(CC(C)C)N1CC=CCN([C@@H](CC(C)C)C(=O)OC)[P+]1=O. The van der Waals surface area contributed by atoms with Crippen LogP contribution in [0.5, 0.6) is 0 Å². The van der Waals surface area contributed by atoms with E-state index in [4.69, 9.17) is 9.47 Å². The molecule has 0 N–H and O–H groups in total. The maximum atomic E-state index is 13.4. The molecule has 0 radical (unpaired) electrons. The fourth-order valence-electron chi connectivity index (χ4n) is 2.99. The number of ether oxygens (including phenoxy) is 2. The zero-order chi connectivity index (χ0) is 19.9. The Bertz CT molecular complexity index is 492. The maximum Gasteiger partial charge on any atom is 0.539 e. The lowest BCUT2D eigenvalue weighted by atomic mass is 10.0. The summed E-state index contributed by atoms with van der Waals surface area (Å²) in [5.74, 6) is -0.350. The van der Waals surface area contributed by atoms with Gasteiger partial charge in [0.1, 0.15) is 0 Å². The highest BCUT2D eigenvalue weighted by atomic mass is 31.1. The van der Waals surface area contributed by atoms with Gasteiger partial charge in [-0.1, -0.05) is 49.2 Å². The number of hydrogen-bond donors (Lipinski definition) is 0. The van der Waals surface area contributed by atoms with Crippen LogP contribution in [0, 0.1) is 11.8 Å². The van der Waals surface area contributed by atoms with E-state index < -0.39 is 32.1 Å². The van der Waals surface area contributed by atoms with Crippen LogP contribution in [0.3, 0.4) is 0 Å². The molecule has 8 heteroatoms. The highest BCUT2D eigenvalue weighted by Crippen LogP contribution is 2.40. The third-order valence-electron chi connectivity index (χ3n) is 4.25. The summed E-state index contributed by atoms with van der Waals surface area (Å²) >= 11 is 0. The van der Waals surface area contributed by atoms with Crippen LogP contribution in [0.2, 0.25) is 0 Å². The second kappa shape index (κ2) is 10.8. The van der Waals surface area contributed by atoms with Crippen LogP contribution < -0.4 is 0 Å². The Morgan fingerprint density at radius 2 is 1.23 bits per heavy atom. The van der Waals surface area contributed by atoms with Gasteiger partial charge in [-0.15, -0.1) is 0 Å². The van der Waals surface area contributed by atoms with Gasteiger partial charge in [-0.2, -0.15) is 0 Å². The van der Waals surface area contributed by atoms with Gasteiger partial charge in [0.15, 0.2) is 12.1 Å². The Balaban J connectivity index is 3.18. The van der Waals surface area contributed by atoms with Crippen molar-refractivity contribution in [3.63, 3.8) is 0 Å². The summed E-state index contributed by atoms with van der Waals surface area (Å²) in [6, 6.07) is -1.24. The normalized spacial score (nSPS) is 20.1. The molecule has 7 nitrogen and oxygen atoms in total. The summed E-state index contributed by atoms with van der Waals surface area (Å²) < 4.78 is 26.5. The van der Waals surface area contributed by atoms with E-state index in [-0.39, 0.29) is 11.8 Å². The largest absolute Gasteiger partial charge is 0.539 e. The van der Waals surface area contributed by atoms with Crippen LogP contribution in [0.4, 0.5) is 0 Å². The van der Waals surface area contributed by atoms with Crippen molar-refractivity contribution in [2.75, 3.05) is 27.3 Å². The van der Waals surface area contributed by atoms with Gasteiger partial charge in [-0.25, -0.2) is 0 Å². The molecule has 1 rings (SSSR count). The molecule has 1 aliphatic rings. The average molecular weight is 387 g/mol. The highest BCUT2D eigenvalue weighted by molar-refractivity contribution is 7.39. The Labute approximate surface area is 157 Å². The average Bonchev–Trinajstić information content (AvgIpc) is 2.77. The molecule has 3 atom stereocenters. The van der Waals surface area contributed by atoms with Gasteiger partial charge in [-0.05, 0) is 29.2 Å². The fraction of sp³-hybridized carbons (Fsp3) is 0.778. The number of hydrogen-bond acceptors (Lipinski definition) is 5. The monoisotopic (exact) mass is 387 g/mol. The molecule has 0 aromatic rings. The topological polar surface area (TPSA) is 76.2 Å². The van der Waals surface area contributed by atoms with Crippen molar-refractivity contribution in [1.82, 2.24) is 9.34 Å². The third-order valence-corrected chi connectivity index (χ3v) is 6.01. The quantitative estimate of drug-likeness (QED) is 0.360. The molecule has 0 aromatic heterocycles. The van der Waals surface area contributed by atoms with Crippen LogP contribution in [-0.4, -0.2) is 60.7 Å². The first kappa shape index (κ1) is 22.7. The number of nitrogens with zero attached hydrogens (tertiary/aromatic N) is 2. The van der Waals surface area contributed by atoms with E-state index in [2.05, 4.69) is 0 Å². The number of carbonyl (C=O) groups is 2. The zero-order valence-corrected chi connectivity index (χ0v) is 17.6. The Hall–Kier alpha value is -1.30. The Kier molecular flexibility index (Phi) is 9.41. The van der Waals surface area contributed by atoms with E-state index in [1.165, 1.54) is 14.2 Å². The van der Waals surface area contributed by atoms with E-state index in [0.29, 0.717) is 25.9 Å². The van der Waals surface area contributed by atoms with Crippen LogP contribution in [0.1, 0.15) is 40.5 Å². The van der Waals surface area contributed by atoms with E-state index in [1.54, 1.807) is 9.34 Å². The van der Waals surface area contributed by atoms with Gasteiger partial charge < -0.3 is 9.47 Å². The second-order valence-corrected chi connectivity index (χ2v) is 8.84. The third kappa shape index (κ3) is 6.15. The van der Waals surface area contributed by atoms with Gasteiger partial charge in [0, 0.05) is 0 Å². The number of carbonyl (C=O) groups excluding carboxylic acids is 2. The molecule has 0 saturated heterocycles. The van der Waals surface area contributed by atoms with Crippen LogP contribution in [0.15, 0.2) is 12.2 Å². The van der Waals surface area contributed by atoms with Gasteiger partial charge >= 0.3 is 20.0 Å². The molecule has 0 aliphatic carbocycles. The molecule has 0 aromatic carbocycles. The van der Waals surface area contributed by atoms with Crippen molar-refractivity contribution < 1.29 is 23.6 Å². The molecular formula is C18H32N2O5P+. The first-order chi connectivity index (χ1) is 12.2. The number of rotatable bonds is 8. The molecule has 26 heavy (non-hydrogen) atoms. The maximum absolute atomic E-state index is 13.4. The standard InChI is InChI=1S/C18H32N2O5P/c1-13(2)11-15(17(21)24-5)19-9-7-8-10-20(26(19)23)16(12-14(3)4)18(22)25-6/h7-8,13-16H,9-12H2,1-6H3/q+1/t15-,16?/m0/s1. The van der Waals surface area contributed by atoms with Crippen LogP contribution in [0.25, 0.3) is 0 Å². The van der Waals surface area contributed by atoms with Crippen molar-refractivity contribution >= 4 is 20.0 Å². The van der Waals surface area contributed by atoms with E-state index >= 15 is 0 Å². The van der Waals surface area contributed by atoms with Crippen molar-refractivity contribution in [2.45, 2.75) is 52.6 Å². The predicted molar refractivity (Wildman–Crippen MR) is 101 cm³/mol. The van der Waals surface area contributed by atoms with Crippen molar-refractivity contribution in [3.8, 4) is 0 Å². The molecule has 0 bridgehead atoms. The minimum Gasteiger partial charge on any atom is -0.468 e. The summed E-state index contributed by atoms with van der Waals surface area (Å²) in [6.07, 6.45) is 4.82. The fourth-order valence-corrected chi connectivity index (χ4v) is 4.61.